The molecule has 6 rings (SSSR count). The Hall–Kier alpha value is -6.42. The Balaban J connectivity index is 1.62. The van der Waals surface area contributed by atoms with Crippen LogP contribution in [0.3, 0.4) is 0 Å². The average Bonchev–Trinajstić information content (AvgIpc) is 3.08. The number of benzene rings is 4. The molecule has 0 amide bonds. The van der Waals surface area contributed by atoms with Crippen molar-refractivity contribution in [2.24, 2.45) is 11.8 Å². The number of aromatic hydroxyl groups is 4. The molecular weight excluding hydrogens is 660 g/mol. The third kappa shape index (κ3) is 5.91. The molecule has 266 valence electrons. The molecule has 0 saturated carbocycles. The maximum atomic E-state index is 13.8. The van der Waals surface area contributed by atoms with Crippen LogP contribution in [0.2, 0.25) is 0 Å². The molecule has 0 radical (unpaired) electrons. The highest BCUT2D eigenvalue weighted by Gasteiger charge is 2.38. The van der Waals surface area contributed by atoms with E-state index in [4.69, 9.17) is 0 Å². The number of carbonyl (C=O) groups excluding carboxylic acids is 2. The number of hydrogen-bond donors (Lipinski definition) is 8. The van der Waals surface area contributed by atoms with Gasteiger partial charge in [0, 0.05) is 57.2 Å². The van der Waals surface area contributed by atoms with Crippen molar-refractivity contribution in [2.75, 3.05) is 10.6 Å². The summed E-state index contributed by atoms with van der Waals surface area (Å²) in [4.78, 5) is 27.6. The highest BCUT2D eigenvalue weighted by molar-refractivity contribution is 6.35. The molecule has 0 aliphatic heterocycles. The summed E-state index contributed by atoms with van der Waals surface area (Å²) in [7, 11) is 0. The molecule has 10 heteroatoms. The number of anilines is 2. The Bertz CT molecular complexity index is 2130. The van der Waals surface area contributed by atoms with E-state index in [0.717, 1.165) is 0 Å². The van der Waals surface area contributed by atoms with Crippen molar-refractivity contribution in [2.45, 2.75) is 41.5 Å². The molecule has 0 unspecified atom stereocenters. The van der Waals surface area contributed by atoms with Crippen molar-refractivity contribution in [1.29, 1.82) is 0 Å². The largest absolute Gasteiger partial charge is 0.508 e. The first-order chi connectivity index (χ1) is 24.6. The summed E-state index contributed by atoms with van der Waals surface area (Å²) in [6, 6.07) is 15.8. The molecule has 0 aromatic heterocycles. The summed E-state index contributed by atoms with van der Waals surface area (Å²) in [5.74, 6) is -3.43. The van der Waals surface area contributed by atoms with E-state index >= 15 is 0 Å². The SMILES string of the molecule is Cc1cc2c(c(O)c1-c1c(C)cc3c(c1O)/C(=C\Nc1ccc(O)cc1)C(=O)C(O)=C3C(C)C)/C(=C/Nc1ccc(O)cc1)C(=O)C(O)=C2C(C)C. The van der Waals surface area contributed by atoms with Gasteiger partial charge in [0.25, 0.3) is 0 Å². The lowest BCUT2D eigenvalue weighted by molar-refractivity contribution is -0.113. The molecule has 0 fully saturated rings. The van der Waals surface area contributed by atoms with E-state index in [-0.39, 0.29) is 68.2 Å². The maximum absolute atomic E-state index is 13.8. The number of fused-ring (bicyclic) bond motifs is 2. The number of hydrogen-bond acceptors (Lipinski definition) is 10. The van der Waals surface area contributed by atoms with Gasteiger partial charge >= 0.3 is 0 Å². The van der Waals surface area contributed by atoms with Crippen LogP contribution >= 0.6 is 0 Å². The third-order valence-electron chi connectivity index (χ3n) is 9.45. The average molecular weight is 701 g/mol. The lowest BCUT2D eigenvalue weighted by Gasteiger charge is -2.29. The topological polar surface area (TPSA) is 180 Å². The predicted molar refractivity (Wildman–Crippen MR) is 203 cm³/mol. The minimum atomic E-state index is -0.711. The summed E-state index contributed by atoms with van der Waals surface area (Å²) in [6.07, 6.45) is 2.77. The molecule has 10 nitrogen and oxygen atoms in total. The normalized spacial score (nSPS) is 15.9. The van der Waals surface area contributed by atoms with Crippen LogP contribution in [0.5, 0.6) is 23.0 Å². The van der Waals surface area contributed by atoms with Crippen LogP contribution in [0.15, 0.2) is 84.6 Å². The summed E-state index contributed by atoms with van der Waals surface area (Å²) in [5.41, 5.74) is 4.42. The van der Waals surface area contributed by atoms with Crippen molar-refractivity contribution in [3.05, 3.63) is 118 Å². The van der Waals surface area contributed by atoms with Crippen LogP contribution < -0.4 is 10.6 Å². The third-order valence-corrected chi connectivity index (χ3v) is 9.45. The first-order valence-corrected chi connectivity index (χ1v) is 16.8. The molecule has 4 aromatic rings. The molecule has 0 spiro atoms. The minimum Gasteiger partial charge on any atom is -0.508 e. The highest BCUT2D eigenvalue weighted by Crippen LogP contribution is 2.53. The van der Waals surface area contributed by atoms with Crippen molar-refractivity contribution in [3.63, 3.8) is 0 Å². The second kappa shape index (κ2) is 13.4. The molecule has 52 heavy (non-hydrogen) atoms. The number of aryl methyl sites for hydroxylation is 2. The molecule has 8 N–H and O–H groups in total. The lowest BCUT2D eigenvalue weighted by atomic mass is 9.75. The number of phenolic OH excluding ortho intramolecular Hbond substituents is 4. The molecule has 4 aromatic carbocycles. The van der Waals surface area contributed by atoms with Crippen molar-refractivity contribution < 1.29 is 40.2 Å². The van der Waals surface area contributed by atoms with Crippen LogP contribution in [-0.2, 0) is 9.59 Å². The lowest BCUT2D eigenvalue weighted by Crippen LogP contribution is -2.20. The fourth-order valence-electron chi connectivity index (χ4n) is 7.05. The van der Waals surface area contributed by atoms with Crippen molar-refractivity contribution in [3.8, 4) is 34.1 Å². The first-order valence-electron chi connectivity index (χ1n) is 16.8. The van der Waals surface area contributed by atoms with E-state index in [1.54, 1.807) is 50.2 Å². The highest BCUT2D eigenvalue weighted by atomic mass is 16.3. The molecular formula is C42H40N2O8. The van der Waals surface area contributed by atoms with Gasteiger partial charge in [0.1, 0.15) is 23.0 Å². The number of aliphatic hydroxyl groups excluding tert-OH is 2. The Morgan fingerprint density at radius 3 is 1.15 bits per heavy atom. The van der Waals surface area contributed by atoms with Crippen LogP contribution in [-0.4, -0.2) is 42.2 Å². The number of allylic oxidation sites excluding steroid dienone is 4. The molecule has 2 aliphatic rings. The monoisotopic (exact) mass is 700 g/mol. The van der Waals surface area contributed by atoms with Gasteiger partial charge in [0.15, 0.2) is 11.5 Å². The van der Waals surface area contributed by atoms with Gasteiger partial charge in [-0.15, -0.1) is 0 Å². The molecule has 0 heterocycles. The molecule has 0 saturated heterocycles. The Kier molecular flexibility index (Phi) is 9.10. The maximum Gasteiger partial charge on any atom is 0.229 e. The van der Waals surface area contributed by atoms with Gasteiger partial charge in [-0.25, -0.2) is 0 Å². The number of carbonyl (C=O) groups is 2. The first kappa shape index (κ1) is 35.4. The number of rotatable bonds is 7. The van der Waals surface area contributed by atoms with E-state index in [9.17, 15) is 40.2 Å². The van der Waals surface area contributed by atoms with E-state index in [2.05, 4.69) is 10.6 Å². The number of nitrogens with one attached hydrogen (secondary N) is 2. The van der Waals surface area contributed by atoms with Crippen molar-refractivity contribution >= 4 is 45.2 Å². The second-order valence-electron chi connectivity index (χ2n) is 13.7. The van der Waals surface area contributed by atoms with Gasteiger partial charge in [-0.3, -0.25) is 9.59 Å². The molecule has 2 aliphatic carbocycles. The predicted octanol–water partition coefficient (Wildman–Crippen LogP) is 8.71. The fourth-order valence-corrected chi connectivity index (χ4v) is 7.05. The van der Waals surface area contributed by atoms with E-state index in [1.807, 2.05) is 27.7 Å². The fraction of sp³-hybridized carbons (Fsp3) is 0.190. The summed E-state index contributed by atoms with van der Waals surface area (Å²) in [5, 5.41) is 72.4. The van der Waals surface area contributed by atoms with Gasteiger partial charge < -0.3 is 41.3 Å². The molecule has 0 bridgehead atoms. The summed E-state index contributed by atoms with van der Waals surface area (Å²) >= 11 is 0. The quantitative estimate of drug-likeness (QED) is 0.0686. The van der Waals surface area contributed by atoms with Crippen molar-refractivity contribution in [1.82, 2.24) is 0 Å². The number of aliphatic hydroxyl groups is 2. The van der Waals surface area contributed by atoms with Gasteiger partial charge in [-0.05, 0) is 96.5 Å². The number of Topliss-reactive ketones (excluding diaryl/α,β-unsaturated/α-hetero) is 2. The Labute approximate surface area is 301 Å². The van der Waals surface area contributed by atoms with Crippen LogP contribution in [0.25, 0.3) is 33.4 Å². The van der Waals surface area contributed by atoms with E-state index < -0.39 is 23.1 Å². The standard InChI is InChI=1S/C42H40N2O8/c1-19(2)31-27-15-21(5)33(39(49)35(27)29(37(47)41(31)51)17-43-23-7-11-25(45)12-8-23)34-22(6)16-28-32(20(3)4)42(52)38(48)30(36(28)40(34)50)18-44-24-9-13-26(46)14-10-24/h7-20,43-46,49-52H,1-6H3/b29-17-,30-18+. The zero-order valence-electron chi connectivity index (χ0n) is 29.6. The van der Waals surface area contributed by atoms with E-state index in [1.165, 1.54) is 36.7 Å². The Morgan fingerprint density at radius 1 is 0.519 bits per heavy atom. The summed E-state index contributed by atoms with van der Waals surface area (Å²) in [6.45, 7) is 10.8. The van der Waals surface area contributed by atoms with Crippen LogP contribution in [0.4, 0.5) is 11.4 Å². The zero-order chi connectivity index (χ0) is 37.8. The Morgan fingerprint density at radius 2 is 0.846 bits per heavy atom. The number of phenols is 4. The van der Waals surface area contributed by atoms with Crippen LogP contribution in [0, 0.1) is 25.7 Å². The summed E-state index contributed by atoms with van der Waals surface area (Å²) < 4.78 is 0. The zero-order valence-corrected chi connectivity index (χ0v) is 29.6. The minimum absolute atomic E-state index is 0.0253. The van der Waals surface area contributed by atoms with Gasteiger partial charge in [0.2, 0.25) is 11.6 Å². The van der Waals surface area contributed by atoms with Crippen LogP contribution in [0.1, 0.15) is 61.1 Å². The van der Waals surface area contributed by atoms with Gasteiger partial charge in [-0.2, -0.15) is 0 Å². The smallest absolute Gasteiger partial charge is 0.229 e. The van der Waals surface area contributed by atoms with Gasteiger partial charge in [0.05, 0.1) is 11.1 Å². The van der Waals surface area contributed by atoms with E-state index in [0.29, 0.717) is 44.8 Å². The van der Waals surface area contributed by atoms with Gasteiger partial charge in [-0.1, -0.05) is 39.8 Å². The second-order valence-corrected chi connectivity index (χ2v) is 13.7. The molecule has 0 atom stereocenters. The number of ketones is 2.